The molecule has 4 aromatic carbocycles. The van der Waals surface area contributed by atoms with E-state index in [2.05, 4.69) is 31.9 Å². The first-order valence-electron chi connectivity index (χ1n) is 18.3. The molecule has 0 aliphatic carbocycles. The summed E-state index contributed by atoms with van der Waals surface area (Å²) < 4.78 is 40.1. The molecule has 16 heteroatoms. The molecule has 0 fully saturated rings. The Hall–Kier alpha value is -6.84. The van der Waals surface area contributed by atoms with Crippen LogP contribution in [-0.2, 0) is 6.54 Å². The third-order valence-corrected chi connectivity index (χ3v) is 10.1. The van der Waals surface area contributed by atoms with Gasteiger partial charge in [0.1, 0.15) is 57.4 Å². The Labute approximate surface area is 323 Å². The zero-order valence-electron chi connectivity index (χ0n) is 31.5. The van der Waals surface area contributed by atoms with E-state index in [1.807, 2.05) is 39.8 Å². The largest absolute Gasteiger partial charge is 0.464 e. The van der Waals surface area contributed by atoms with E-state index in [0.717, 1.165) is 11.5 Å². The topological polar surface area (TPSA) is 201 Å². The van der Waals surface area contributed by atoms with Crippen molar-refractivity contribution in [2.24, 2.45) is 0 Å². The third kappa shape index (κ3) is 6.87. The quantitative estimate of drug-likeness (QED) is 0.0758. The van der Waals surface area contributed by atoms with Crippen LogP contribution in [0.5, 0.6) is 0 Å². The van der Waals surface area contributed by atoms with Gasteiger partial charge in [-0.2, -0.15) is 0 Å². The van der Waals surface area contributed by atoms with E-state index in [0.29, 0.717) is 35.5 Å². The van der Waals surface area contributed by atoms with Crippen LogP contribution in [0.25, 0.3) is 0 Å². The molecule has 2 aromatic heterocycles. The van der Waals surface area contributed by atoms with Crippen molar-refractivity contribution in [2.45, 2.75) is 72.1 Å². The summed E-state index contributed by atoms with van der Waals surface area (Å²) in [5.41, 5.74) is -1.59. The Morgan fingerprint density at radius 1 is 0.632 bits per heavy atom. The highest BCUT2D eigenvalue weighted by Gasteiger charge is 2.33. The Morgan fingerprint density at radius 3 is 1.58 bits per heavy atom. The Balaban J connectivity index is 0.000000174. The van der Waals surface area contributed by atoms with Crippen molar-refractivity contribution in [3.63, 3.8) is 0 Å². The Bertz CT molecular complexity index is 2720. The molecule has 57 heavy (non-hydrogen) atoms. The fraction of sp³-hybridized carbons (Fsp3) is 0.268. The van der Waals surface area contributed by atoms with E-state index in [-0.39, 0.29) is 69.9 Å². The van der Waals surface area contributed by atoms with Crippen LogP contribution in [0.4, 0.5) is 42.9 Å². The van der Waals surface area contributed by atoms with Crippen LogP contribution in [-0.4, -0.2) is 11.8 Å². The molecule has 8 rings (SSSR count). The number of fused-ring (bicyclic) bond motifs is 2. The molecule has 3 atom stereocenters. The SMILES string of the molecule is CC[C@@H](Nc1c(Nc2c(F)ccc3c2C(=O)NC3)c(=O)c1=O)c1ccc(C)o1.CC[C@@H](Nc1c(Nc2c(F)ccc3c2C(=O)N[C@@H]3C)c(=O)c1=O)c1ccc(C)o1. The minimum Gasteiger partial charge on any atom is -0.464 e. The molecule has 0 spiro atoms. The van der Waals surface area contributed by atoms with Crippen LogP contribution in [0.2, 0.25) is 0 Å². The molecule has 2 aliphatic rings. The lowest BCUT2D eigenvalue weighted by Crippen LogP contribution is -2.37. The van der Waals surface area contributed by atoms with Gasteiger partial charge in [0.15, 0.2) is 0 Å². The van der Waals surface area contributed by atoms with Gasteiger partial charge >= 0.3 is 0 Å². The highest BCUT2D eigenvalue weighted by molar-refractivity contribution is 6.06. The van der Waals surface area contributed by atoms with E-state index in [4.69, 9.17) is 8.83 Å². The predicted octanol–water partition coefficient (Wildman–Crippen LogP) is 6.31. The van der Waals surface area contributed by atoms with Crippen molar-refractivity contribution in [2.75, 3.05) is 21.3 Å². The molecule has 4 heterocycles. The zero-order chi connectivity index (χ0) is 40.9. The van der Waals surface area contributed by atoms with Gasteiger partial charge in [-0.15, -0.1) is 0 Å². The van der Waals surface area contributed by atoms with Gasteiger partial charge in [0.05, 0.1) is 40.6 Å². The van der Waals surface area contributed by atoms with Crippen molar-refractivity contribution in [3.8, 4) is 0 Å². The summed E-state index contributed by atoms with van der Waals surface area (Å²) in [5, 5.41) is 16.7. The Kier molecular flexibility index (Phi) is 10.1. The number of carbonyl (C=O) groups is 2. The summed E-state index contributed by atoms with van der Waals surface area (Å²) in [6.07, 6.45) is 1.20. The summed E-state index contributed by atoms with van der Waals surface area (Å²) in [5.74, 6) is 0.499. The highest BCUT2D eigenvalue weighted by atomic mass is 19.1. The molecule has 0 radical (unpaired) electrons. The van der Waals surface area contributed by atoms with Gasteiger partial charge in [-0.1, -0.05) is 26.0 Å². The summed E-state index contributed by atoms with van der Waals surface area (Å²) in [4.78, 5) is 72.9. The second kappa shape index (κ2) is 15.0. The fourth-order valence-corrected chi connectivity index (χ4v) is 7.01. The van der Waals surface area contributed by atoms with Crippen LogP contribution < -0.4 is 53.6 Å². The molecule has 0 saturated heterocycles. The number of carbonyl (C=O) groups excluding carboxylic acids is 2. The molecule has 0 unspecified atom stereocenters. The van der Waals surface area contributed by atoms with E-state index in [1.54, 1.807) is 19.1 Å². The number of halogens is 2. The first-order valence-corrected chi connectivity index (χ1v) is 18.3. The maximum absolute atomic E-state index is 14.5. The van der Waals surface area contributed by atoms with Crippen LogP contribution in [0, 0.1) is 25.5 Å². The average Bonchev–Trinajstić information content (AvgIpc) is 3.99. The predicted molar refractivity (Wildman–Crippen MR) is 209 cm³/mol. The number of anilines is 6. The summed E-state index contributed by atoms with van der Waals surface area (Å²) in [6.45, 7) is 9.50. The lowest BCUT2D eigenvalue weighted by atomic mass is 10.0. The van der Waals surface area contributed by atoms with Gasteiger partial charge in [0.25, 0.3) is 33.5 Å². The average molecular weight is 781 g/mol. The van der Waals surface area contributed by atoms with Crippen LogP contribution in [0.15, 0.2) is 76.5 Å². The lowest BCUT2D eigenvalue weighted by Gasteiger charge is -2.21. The van der Waals surface area contributed by atoms with Gasteiger partial charge in [-0.3, -0.25) is 28.8 Å². The molecular formula is C41H38F2N6O8. The number of benzene rings is 2. The zero-order valence-corrected chi connectivity index (χ0v) is 31.5. The van der Waals surface area contributed by atoms with Crippen molar-refractivity contribution in [1.29, 1.82) is 0 Å². The van der Waals surface area contributed by atoms with Gasteiger partial charge in [0, 0.05) is 6.54 Å². The van der Waals surface area contributed by atoms with Gasteiger partial charge in [-0.25, -0.2) is 8.78 Å². The normalized spacial score (nSPS) is 15.3. The summed E-state index contributed by atoms with van der Waals surface area (Å²) >= 11 is 0. The number of nitrogens with one attached hydrogen (secondary N) is 6. The van der Waals surface area contributed by atoms with E-state index in [1.165, 1.54) is 24.3 Å². The molecule has 0 saturated carbocycles. The Morgan fingerprint density at radius 2 is 1.11 bits per heavy atom. The van der Waals surface area contributed by atoms with Gasteiger partial charge in [-0.05, 0) is 81.1 Å². The van der Waals surface area contributed by atoms with Crippen molar-refractivity contribution in [1.82, 2.24) is 10.6 Å². The smallest absolute Gasteiger partial charge is 0.254 e. The first-order chi connectivity index (χ1) is 27.2. The van der Waals surface area contributed by atoms with Crippen LogP contribution in [0.1, 0.15) is 107 Å². The third-order valence-electron chi connectivity index (χ3n) is 10.1. The lowest BCUT2D eigenvalue weighted by molar-refractivity contribution is 0.0953. The second-order valence-corrected chi connectivity index (χ2v) is 13.9. The van der Waals surface area contributed by atoms with Crippen molar-refractivity contribution < 1.29 is 27.2 Å². The highest BCUT2D eigenvalue weighted by Crippen LogP contribution is 2.37. The minimum absolute atomic E-state index is 0.0550. The first kappa shape index (κ1) is 38.4. The van der Waals surface area contributed by atoms with Gasteiger partial charge in [0.2, 0.25) is 0 Å². The molecule has 2 aliphatic heterocycles. The molecule has 2 amide bonds. The fourth-order valence-electron chi connectivity index (χ4n) is 7.01. The molecule has 0 bridgehead atoms. The summed E-state index contributed by atoms with van der Waals surface area (Å²) in [6, 6.07) is 11.8. The maximum Gasteiger partial charge on any atom is 0.254 e. The number of rotatable bonds is 12. The number of hydrogen-bond acceptors (Lipinski definition) is 12. The van der Waals surface area contributed by atoms with E-state index < -0.39 is 45.2 Å². The summed E-state index contributed by atoms with van der Waals surface area (Å²) in [7, 11) is 0. The second-order valence-electron chi connectivity index (χ2n) is 13.9. The molecule has 14 nitrogen and oxygen atoms in total. The monoisotopic (exact) mass is 780 g/mol. The van der Waals surface area contributed by atoms with Crippen molar-refractivity contribution >= 4 is 45.9 Å². The number of aryl methyl sites for hydroxylation is 2. The molecule has 294 valence electrons. The van der Waals surface area contributed by atoms with E-state index in [9.17, 15) is 37.5 Å². The number of hydrogen-bond donors (Lipinski definition) is 6. The standard InChI is InChI=1S/C21H20FN3O4.C20H18FN3O4/c1-4-13(14-8-5-9(2)29-14)24-17-18(20(27)19(17)26)25-16-12(22)7-6-11-10(3)23-21(28)15(11)16;1-3-12(13-7-4-9(2)28-13)23-16-17(19(26)18(16)25)24-15-11(21)6-5-10-8-22-20(27)14(10)15/h5-8,10,13,24-25H,4H2,1-3H3,(H,23,28);4-7,12,23-24H,3,8H2,1-2H3,(H,22,27)/t10-,13-;12-/m11/s1. The van der Waals surface area contributed by atoms with Gasteiger partial charge < -0.3 is 40.7 Å². The van der Waals surface area contributed by atoms with Crippen LogP contribution in [0.3, 0.4) is 0 Å². The van der Waals surface area contributed by atoms with E-state index >= 15 is 0 Å². The van der Waals surface area contributed by atoms with Crippen LogP contribution >= 0.6 is 0 Å². The molecule has 6 aromatic rings. The van der Waals surface area contributed by atoms with Crippen molar-refractivity contribution in [3.05, 3.63) is 146 Å². The molecule has 6 N–H and O–H groups in total. The maximum atomic E-state index is 14.5. The number of amides is 2. The number of furan rings is 2. The minimum atomic E-state index is -0.763. The molecular weight excluding hydrogens is 742 g/mol.